The number of ether oxygens (including phenoxy) is 4. The number of hydrogen-bond acceptors (Lipinski definition) is 20. The molecule has 28 nitrogen and oxygen atoms in total. The maximum absolute atomic E-state index is 13.0. The van der Waals surface area contributed by atoms with Crippen LogP contribution in [0.15, 0.2) is 126 Å². The summed E-state index contributed by atoms with van der Waals surface area (Å²) in [6.07, 6.45) is 4.65. The maximum Gasteiger partial charge on any atom is 0.268 e. The van der Waals surface area contributed by atoms with Crippen LogP contribution in [0.4, 0.5) is 22.7 Å². The van der Waals surface area contributed by atoms with E-state index in [0.29, 0.717) is 67.8 Å². The molecule has 85 heavy (non-hydrogen) atoms. The molecule has 4 aromatic carbocycles. The van der Waals surface area contributed by atoms with Crippen LogP contribution in [-0.4, -0.2) is 148 Å². The minimum Gasteiger partial charge on any atom is -0.374 e. The lowest BCUT2D eigenvalue weighted by molar-refractivity contribution is -0.564. The van der Waals surface area contributed by atoms with Gasteiger partial charge in [0.2, 0.25) is 23.4 Å². The summed E-state index contributed by atoms with van der Waals surface area (Å²) in [5.41, 5.74) is 4.04. The van der Waals surface area contributed by atoms with E-state index in [0.717, 1.165) is 0 Å². The van der Waals surface area contributed by atoms with E-state index >= 15 is 0 Å². The summed E-state index contributed by atoms with van der Waals surface area (Å²) in [5, 5.41) is 44.4. The maximum atomic E-state index is 13.0. The molecule has 0 saturated carbocycles. The Morgan fingerprint density at radius 1 is 0.459 bits per heavy atom. The molecule has 440 valence electrons. The average Bonchev–Trinajstić information content (AvgIpc) is 4.40. The van der Waals surface area contributed by atoms with Crippen molar-refractivity contribution in [1.82, 2.24) is 45.0 Å². The van der Waals surface area contributed by atoms with Crippen LogP contribution in [0.3, 0.4) is 0 Å². The fourth-order valence-electron chi connectivity index (χ4n) is 8.43. The summed E-state index contributed by atoms with van der Waals surface area (Å²) in [4.78, 5) is 99.6. The van der Waals surface area contributed by atoms with E-state index in [-0.39, 0.29) is 115 Å². The molecule has 1 aliphatic rings. The highest BCUT2D eigenvalue weighted by Crippen LogP contribution is 2.24. The Bertz CT molecular complexity index is 3380. The predicted octanol–water partition coefficient (Wildman–Crippen LogP) is 4.61. The third kappa shape index (κ3) is 19.0. The predicted molar refractivity (Wildman–Crippen MR) is 302 cm³/mol. The van der Waals surface area contributed by atoms with E-state index in [2.05, 4.69) is 62.5 Å². The largest absolute Gasteiger partial charge is 0.374 e. The van der Waals surface area contributed by atoms with Crippen LogP contribution in [0.25, 0.3) is 0 Å². The van der Waals surface area contributed by atoms with Crippen molar-refractivity contribution in [3.05, 3.63) is 155 Å². The van der Waals surface area contributed by atoms with Crippen molar-refractivity contribution >= 4 is 75.2 Å². The van der Waals surface area contributed by atoms with Crippen molar-refractivity contribution in [3.8, 4) is 0 Å². The summed E-state index contributed by atoms with van der Waals surface area (Å²) in [6, 6.07) is 26.3. The standard InChI is InChI=1S/C57H60N16O12/c1-37(74)41-9-5-13-45(17-41)58-53(78)25-70-21-49(62-66-70)29-82-33-57(34-83-30-50-22-71(67-63-50)26-54(79)59-46-14-6-10-42(18-46)38(2)75,35-84-31-51-23-72(68-64-51)27-55(80)60-47-15-7-11-43(19-47)39(3)76)36-85-32-52-24-73(69-65-52)28-56(81)61-48-16-8-12-44(20-48)40(4)77/h5-23H,24-36H2,1-4H3,(H3-,58,59,60,61,78,79,80,81)/p+1. The first kappa shape index (κ1) is 61.1. The van der Waals surface area contributed by atoms with E-state index < -0.39 is 23.1 Å². The van der Waals surface area contributed by atoms with E-state index in [4.69, 9.17) is 18.9 Å². The topological polar surface area (TPSA) is 341 Å². The second-order valence-corrected chi connectivity index (χ2v) is 20.0. The molecule has 0 spiro atoms. The molecule has 3 aromatic heterocycles. The Kier molecular flexibility index (Phi) is 21.0. The lowest BCUT2D eigenvalue weighted by Crippen LogP contribution is -2.42. The number of benzene rings is 4. The van der Waals surface area contributed by atoms with Crippen LogP contribution in [0, 0.1) is 5.41 Å². The minimum atomic E-state index is -1.14. The van der Waals surface area contributed by atoms with Crippen LogP contribution < -0.4 is 21.3 Å². The lowest BCUT2D eigenvalue weighted by atomic mass is 9.92. The van der Waals surface area contributed by atoms with Gasteiger partial charge < -0.3 is 40.2 Å². The normalized spacial score (nSPS) is 12.0. The van der Waals surface area contributed by atoms with Gasteiger partial charge in [-0.3, -0.25) is 38.4 Å². The molecule has 0 unspecified atom stereocenters. The Balaban J connectivity index is 0.947. The van der Waals surface area contributed by atoms with Gasteiger partial charge in [-0.1, -0.05) is 64.2 Å². The van der Waals surface area contributed by atoms with Crippen LogP contribution in [-0.2, 0) is 77.6 Å². The molecule has 0 aliphatic carbocycles. The zero-order chi connectivity index (χ0) is 60.3. The first-order valence-corrected chi connectivity index (χ1v) is 26.5. The molecule has 0 atom stereocenters. The Labute approximate surface area is 485 Å². The molecule has 7 aromatic rings. The van der Waals surface area contributed by atoms with E-state index in [1.807, 2.05) is 0 Å². The first-order chi connectivity index (χ1) is 40.9. The molecular weight excluding hydrogens is 1100 g/mol. The summed E-state index contributed by atoms with van der Waals surface area (Å²) in [7, 11) is 0. The van der Waals surface area contributed by atoms with Gasteiger partial charge in [0.25, 0.3) is 5.91 Å². The highest BCUT2D eigenvalue weighted by Gasteiger charge is 2.34. The van der Waals surface area contributed by atoms with Gasteiger partial charge in [0.05, 0.1) is 75.4 Å². The highest BCUT2D eigenvalue weighted by atomic mass is 16.5. The molecule has 0 bridgehead atoms. The van der Waals surface area contributed by atoms with Crippen molar-refractivity contribution in [2.45, 2.75) is 67.1 Å². The molecule has 0 saturated heterocycles. The summed E-state index contributed by atoms with van der Waals surface area (Å²) < 4.78 is 30.8. The number of nitrogens with one attached hydrogen (secondary N) is 4. The van der Waals surface area contributed by atoms with Crippen LogP contribution in [0.5, 0.6) is 0 Å². The molecule has 1 aliphatic heterocycles. The number of ketones is 4. The van der Waals surface area contributed by atoms with Crippen molar-refractivity contribution in [2.75, 3.05) is 67.4 Å². The van der Waals surface area contributed by atoms with Gasteiger partial charge in [0.1, 0.15) is 48.5 Å². The fraction of sp³-hybridized carbons (Fsp3) is 0.316. The molecule has 4 amide bonds. The number of Topliss-reactive ketones (excluding diaryl/α,β-unsaturated/α-hetero) is 4. The van der Waals surface area contributed by atoms with Crippen molar-refractivity contribution in [2.24, 2.45) is 15.7 Å². The van der Waals surface area contributed by atoms with Gasteiger partial charge in [0, 0.05) is 45.0 Å². The number of carbonyl (C=O) groups is 8. The van der Waals surface area contributed by atoms with E-state index in [9.17, 15) is 38.4 Å². The number of anilines is 4. The van der Waals surface area contributed by atoms with E-state index in [1.165, 1.54) is 46.4 Å². The third-order valence-electron chi connectivity index (χ3n) is 12.5. The Morgan fingerprint density at radius 3 is 1.11 bits per heavy atom. The summed E-state index contributed by atoms with van der Waals surface area (Å²) in [5.74, 6) is -2.21. The zero-order valence-electron chi connectivity index (χ0n) is 46.9. The molecule has 4 N–H and O–H groups in total. The molecule has 8 rings (SSSR count). The Morgan fingerprint density at radius 2 is 0.776 bits per heavy atom. The monoisotopic (exact) mass is 1160 g/mol. The molecule has 0 fully saturated rings. The Hall–Kier alpha value is -10.0. The molecule has 0 radical (unpaired) electrons. The zero-order valence-corrected chi connectivity index (χ0v) is 46.9. The van der Waals surface area contributed by atoms with Gasteiger partial charge in [0.15, 0.2) is 36.2 Å². The number of carbonyl (C=O) groups excluding carboxylic acids is 8. The quantitative estimate of drug-likeness (QED) is 0.0330. The summed E-state index contributed by atoms with van der Waals surface area (Å²) >= 11 is 0. The van der Waals surface area contributed by atoms with Gasteiger partial charge in [-0.2, -0.15) is 0 Å². The fourth-order valence-corrected chi connectivity index (χ4v) is 8.43. The number of hydrogen-bond donors (Lipinski definition) is 4. The molecule has 28 heteroatoms. The third-order valence-corrected chi connectivity index (χ3v) is 12.5. The minimum absolute atomic E-state index is 0.0374. The second kappa shape index (κ2) is 29.3. The van der Waals surface area contributed by atoms with Crippen LogP contribution >= 0.6 is 0 Å². The van der Waals surface area contributed by atoms with Gasteiger partial charge >= 0.3 is 0 Å². The van der Waals surface area contributed by atoms with Gasteiger partial charge in [-0.05, 0) is 76.2 Å². The van der Waals surface area contributed by atoms with E-state index in [1.54, 1.807) is 116 Å². The van der Waals surface area contributed by atoms with Crippen molar-refractivity contribution in [1.29, 1.82) is 0 Å². The smallest absolute Gasteiger partial charge is 0.268 e. The van der Waals surface area contributed by atoms with Gasteiger partial charge in [-0.25, -0.2) is 14.0 Å². The van der Waals surface area contributed by atoms with Crippen molar-refractivity contribution < 1.29 is 62.0 Å². The second-order valence-electron chi connectivity index (χ2n) is 20.0. The van der Waals surface area contributed by atoms with Crippen LogP contribution in [0.1, 0.15) is 86.2 Å². The number of amides is 4. The molecular formula is C57H61N16O12+. The van der Waals surface area contributed by atoms with Crippen molar-refractivity contribution in [3.63, 3.8) is 0 Å². The highest BCUT2D eigenvalue weighted by molar-refractivity contribution is 6.00. The molecule has 4 heterocycles. The summed E-state index contributed by atoms with van der Waals surface area (Å²) in [6.45, 7) is 4.53. The lowest BCUT2D eigenvalue weighted by Gasteiger charge is -2.32. The van der Waals surface area contributed by atoms with Crippen LogP contribution in [0.2, 0.25) is 0 Å². The number of rotatable bonds is 32. The number of nitrogens with zero attached hydrogens (tertiary/aromatic N) is 12. The SMILES string of the molecule is CC(=O)c1cccc(NC(=O)Cn2cc(COCC(COCC3=NN=[N+](CC(=O)Nc4cccc(C(C)=O)c4)C3)(COCc3cn(CC(=O)Nc4cccc(C(C)=O)c4)nn3)COCc3cn(CC(=O)Nc4cccc(C(C)=O)c4)nn3)nn2)c1. The first-order valence-electron chi connectivity index (χ1n) is 26.5. The number of aromatic nitrogens is 9. The van der Waals surface area contributed by atoms with Gasteiger partial charge in [-0.15, -0.1) is 20.0 Å². The average molecular weight is 1160 g/mol.